The lowest BCUT2D eigenvalue weighted by molar-refractivity contribution is 0.145. The van der Waals surface area contributed by atoms with Crippen LogP contribution in [-0.2, 0) is 0 Å². The van der Waals surface area contributed by atoms with Crippen LogP contribution in [0.4, 0.5) is 5.69 Å². The van der Waals surface area contributed by atoms with Crippen LogP contribution in [0.15, 0.2) is 24.3 Å². The van der Waals surface area contributed by atoms with Crippen LogP contribution >= 0.6 is 0 Å². The number of aliphatic hydroxyl groups excluding tert-OH is 1. The number of aliphatic hydroxyl groups is 1. The lowest BCUT2D eigenvalue weighted by atomic mass is 9.94. The maximum absolute atomic E-state index is 9.61. The van der Waals surface area contributed by atoms with Gasteiger partial charge >= 0.3 is 0 Å². The van der Waals surface area contributed by atoms with Crippen molar-refractivity contribution in [1.82, 2.24) is 5.32 Å². The van der Waals surface area contributed by atoms with E-state index in [0.717, 1.165) is 25.9 Å². The summed E-state index contributed by atoms with van der Waals surface area (Å²) in [6.07, 6.45) is 8.51. The Morgan fingerprint density at radius 2 is 1.64 bits per heavy atom. The molecule has 3 nitrogen and oxygen atoms in total. The Kier molecular flexibility index (Phi) is 5.37. The smallest absolute Gasteiger partial charge is 0.0574 e. The van der Waals surface area contributed by atoms with E-state index in [2.05, 4.69) is 41.4 Å². The van der Waals surface area contributed by atoms with Crippen molar-refractivity contribution in [1.29, 1.82) is 0 Å². The second-order valence-corrected chi connectivity index (χ2v) is 7.03. The van der Waals surface area contributed by atoms with Crippen molar-refractivity contribution >= 4 is 5.69 Å². The molecule has 1 saturated carbocycles. The van der Waals surface area contributed by atoms with Gasteiger partial charge in [-0.3, -0.25) is 0 Å². The summed E-state index contributed by atoms with van der Waals surface area (Å²) in [5.41, 5.74) is 2.67. The van der Waals surface area contributed by atoms with Crippen LogP contribution in [0.25, 0.3) is 0 Å². The fraction of sp³-hybridized carbons (Fsp3) is 0.684. The van der Waals surface area contributed by atoms with Crippen LogP contribution in [0.2, 0.25) is 0 Å². The van der Waals surface area contributed by atoms with E-state index in [1.165, 1.54) is 43.4 Å². The number of hydrogen-bond donors (Lipinski definition) is 2. The number of piperidine rings is 1. The molecule has 1 saturated heterocycles. The molecular formula is C19H30N2O. The molecule has 1 unspecified atom stereocenters. The van der Waals surface area contributed by atoms with Gasteiger partial charge in [-0.15, -0.1) is 0 Å². The molecule has 1 aliphatic carbocycles. The zero-order chi connectivity index (χ0) is 15.4. The highest BCUT2D eigenvalue weighted by Gasteiger charge is 2.18. The summed E-state index contributed by atoms with van der Waals surface area (Å²) in [5.74, 6) is 0. The molecule has 122 valence electrons. The third-order valence-corrected chi connectivity index (χ3v) is 5.31. The average molecular weight is 302 g/mol. The molecular weight excluding hydrogens is 272 g/mol. The molecule has 0 radical (unpaired) electrons. The van der Waals surface area contributed by atoms with Gasteiger partial charge in [0.25, 0.3) is 0 Å². The monoisotopic (exact) mass is 302 g/mol. The summed E-state index contributed by atoms with van der Waals surface area (Å²) in [6, 6.07) is 10.1. The molecule has 22 heavy (non-hydrogen) atoms. The zero-order valence-corrected chi connectivity index (χ0v) is 13.8. The first-order valence-electron chi connectivity index (χ1n) is 9.01. The average Bonchev–Trinajstić information content (AvgIpc) is 2.57. The molecule has 0 spiro atoms. The number of hydrogen-bond acceptors (Lipinski definition) is 3. The van der Waals surface area contributed by atoms with Gasteiger partial charge in [-0.2, -0.15) is 0 Å². The first-order valence-corrected chi connectivity index (χ1v) is 9.01. The number of nitrogens with one attached hydrogen (secondary N) is 1. The predicted octanol–water partition coefficient (Wildman–Crippen LogP) is 3.63. The van der Waals surface area contributed by atoms with Crippen molar-refractivity contribution < 1.29 is 5.11 Å². The highest BCUT2D eigenvalue weighted by atomic mass is 16.3. The summed E-state index contributed by atoms with van der Waals surface area (Å²) in [4.78, 5) is 2.38. The fourth-order valence-corrected chi connectivity index (χ4v) is 3.82. The van der Waals surface area contributed by atoms with Gasteiger partial charge in [-0.05, 0) is 50.3 Å². The van der Waals surface area contributed by atoms with Crippen LogP contribution in [0.3, 0.4) is 0 Å². The van der Waals surface area contributed by atoms with Crippen LogP contribution in [0.1, 0.15) is 63.5 Å². The maximum Gasteiger partial charge on any atom is 0.0574 e. The van der Waals surface area contributed by atoms with Crippen molar-refractivity contribution in [2.75, 3.05) is 18.0 Å². The minimum Gasteiger partial charge on any atom is -0.393 e. The van der Waals surface area contributed by atoms with Gasteiger partial charge in [-0.25, -0.2) is 0 Å². The zero-order valence-electron chi connectivity index (χ0n) is 13.8. The van der Waals surface area contributed by atoms with E-state index in [0.29, 0.717) is 12.1 Å². The van der Waals surface area contributed by atoms with Crippen molar-refractivity contribution in [2.45, 2.75) is 70.1 Å². The minimum atomic E-state index is -0.102. The molecule has 1 aromatic rings. The summed E-state index contributed by atoms with van der Waals surface area (Å²) in [7, 11) is 0. The Bertz CT molecular complexity index is 445. The fourth-order valence-electron chi connectivity index (χ4n) is 3.82. The van der Waals surface area contributed by atoms with Crippen molar-refractivity contribution in [3.05, 3.63) is 29.8 Å². The van der Waals surface area contributed by atoms with Gasteiger partial charge in [0.05, 0.1) is 6.10 Å². The third-order valence-electron chi connectivity index (χ3n) is 5.31. The van der Waals surface area contributed by atoms with E-state index < -0.39 is 0 Å². The van der Waals surface area contributed by atoms with Gasteiger partial charge in [-0.1, -0.05) is 31.4 Å². The van der Waals surface area contributed by atoms with E-state index in [1.807, 2.05) is 0 Å². The molecule has 2 N–H and O–H groups in total. The van der Waals surface area contributed by atoms with Crippen molar-refractivity contribution in [2.24, 2.45) is 0 Å². The van der Waals surface area contributed by atoms with E-state index in [9.17, 15) is 5.11 Å². The minimum absolute atomic E-state index is 0.102. The van der Waals surface area contributed by atoms with E-state index >= 15 is 0 Å². The van der Waals surface area contributed by atoms with Gasteiger partial charge in [0.1, 0.15) is 0 Å². The number of rotatable bonds is 4. The van der Waals surface area contributed by atoms with E-state index in [-0.39, 0.29) is 6.10 Å². The SMILES string of the molecule is CC(NC1CCCCC1)c1ccc(N2CCC(O)CC2)cc1. The van der Waals surface area contributed by atoms with Crippen LogP contribution < -0.4 is 10.2 Å². The van der Waals surface area contributed by atoms with Crippen LogP contribution in [0.5, 0.6) is 0 Å². The quantitative estimate of drug-likeness (QED) is 0.891. The Morgan fingerprint density at radius 1 is 1.00 bits per heavy atom. The van der Waals surface area contributed by atoms with Crippen molar-refractivity contribution in [3.8, 4) is 0 Å². The summed E-state index contributed by atoms with van der Waals surface area (Å²) in [6.45, 7) is 4.22. The summed E-state index contributed by atoms with van der Waals surface area (Å²) in [5, 5.41) is 13.4. The second-order valence-electron chi connectivity index (χ2n) is 7.03. The Labute approximate surface area is 134 Å². The van der Waals surface area contributed by atoms with E-state index in [4.69, 9.17) is 0 Å². The molecule has 1 heterocycles. The Morgan fingerprint density at radius 3 is 2.27 bits per heavy atom. The molecule has 2 aliphatic rings. The van der Waals surface area contributed by atoms with Gasteiger partial charge in [0.2, 0.25) is 0 Å². The molecule has 1 aliphatic heterocycles. The van der Waals surface area contributed by atoms with Crippen molar-refractivity contribution in [3.63, 3.8) is 0 Å². The first-order chi connectivity index (χ1) is 10.7. The highest BCUT2D eigenvalue weighted by molar-refractivity contribution is 5.48. The first kappa shape index (κ1) is 15.8. The normalized spacial score (nSPS) is 22.7. The molecule has 3 rings (SSSR count). The third kappa shape index (κ3) is 4.02. The molecule has 0 aromatic heterocycles. The maximum atomic E-state index is 9.61. The predicted molar refractivity (Wildman–Crippen MR) is 92.3 cm³/mol. The molecule has 0 bridgehead atoms. The summed E-state index contributed by atoms with van der Waals surface area (Å²) >= 11 is 0. The van der Waals surface area contributed by atoms with Gasteiger partial charge < -0.3 is 15.3 Å². The van der Waals surface area contributed by atoms with Crippen LogP contribution in [0, 0.1) is 0 Å². The number of nitrogens with zero attached hydrogens (tertiary/aromatic N) is 1. The lowest BCUT2D eigenvalue weighted by Gasteiger charge is -2.32. The summed E-state index contributed by atoms with van der Waals surface area (Å²) < 4.78 is 0. The molecule has 1 atom stereocenters. The Balaban J connectivity index is 1.56. The molecule has 3 heteroatoms. The van der Waals surface area contributed by atoms with Gasteiger partial charge in [0, 0.05) is 30.9 Å². The number of benzene rings is 1. The number of anilines is 1. The Hall–Kier alpha value is -1.06. The largest absolute Gasteiger partial charge is 0.393 e. The van der Waals surface area contributed by atoms with E-state index in [1.54, 1.807) is 0 Å². The molecule has 0 amide bonds. The van der Waals surface area contributed by atoms with Gasteiger partial charge in [0.15, 0.2) is 0 Å². The molecule has 2 fully saturated rings. The topological polar surface area (TPSA) is 35.5 Å². The second kappa shape index (κ2) is 7.47. The van der Waals surface area contributed by atoms with Crippen LogP contribution in [-0.4, -0.2) is 30.3 Å². The highest BCUT2D eigenvalue weighted by Crippen LogP contribution is 2.24. The lowest BCUT2D eigenvalue weighted by Crippen LogP contribution is -2.35. The standard InChI is InChI=1S/C19H30N2O/c1-15(20-17-5-3-2-4-6-17)16-7-9-18(10-8-16)21-13-11-19(22)12-14-21/h7-10,15,17,19-20,22H,2-6,11-14H2,1H3. The molecule has 1 aromatic carbocycles.